The summed E-state index contributed by atoms with van der Waals surface area (Å²) in [6.45, 7) is 15.4. The standard InChI is InChI=1S/C10H20N2O2.C4H10.C2H6/c1-14-8-10-2-5-12(6-3-10)7-4-11-9-13;1-4(2)3;1-2/h9-10H,2-8H2,1H3,(H,11,13);4H,1-3H3;1-2H3. The molecule has 4 heteroatoms. The third-order valence-corrected chi connectivity index (χ3v) is 2.77. The highest BCUT2D eigenvalue weighted by Gasteiger charge is 2.18. The Morgan fingerprint density at radius 3 is 2.15 bits per heavy atom. The van der Waals surface area contributed by atoms with Gasteiger partial charge in [-0.1, -0.05) is 34.6 Å². The normalized spacial score (nSPS) is 15.8. The van der Waals surface area contributed by atoms with Crippen LogP contribution in [0.15, 0.2) is 0 Å². The number of hydrogen-bond donors (Lipinski definition) is 1. The minimum Gasteiger partial charge on any atom is -0.384 e. The first-order valence-corrected chi connectivity index (χ1v) is 7.98. The summed E-state index contributed by atoms with van der Waals surface area (Å²) in [5.74, 6) is 1.57. The molecule has 0 aromatic carbocycles. The van der Waals surface area contributed by atoms with Gasteiger partial charge >= 0.3 is 0 Å². The maximum absolute atomic E-state index is 10.0. The summed E-state index contributed by atoms with van der Waals surface area (Å²) >= 11 is 0. The summed E-state index contributed by atoms with van der Waals surface area (Å²) in [4.78, 5) is 12.4. The molecular weight excluding hydrogens is 252 g/mol. The van der Waals surface area contributed by atoms with Gasteiger partial charge in [0.2, 0.25) is 6.41 Å². The Balaban J connectivity index is 0. The van der Waals surface area contributed by atoms with Crippen molar-refractivity contribution in [3.8, 4) is 0 Å². The lowest BCUT2D eigenvalue weighted by molar-refractivity contribution is -0.109. The van der Waals surface area contributed by atoms with Gasteiger partial charge in [-0.15, -0.1) is 0 Å². The van der Waals surface area contributed by atoms with Crippen molar-refractivity contribution in [1.82, 2.24) is 10.2 Å². The van der Waals surface area contributed by atoms with Crippen molar-refractivity contribution in [2.24, 2.45) is 11.8 Å². The average Bonchev–Trinajstić information content (AvgIpc) is 2.43. The van der Waals surface area contributed by atoms with Crippen molar-refractivity contribution in [2.45, 2.75) is 47.5 Å². The topological polar surface area (TPSA) is 41.6 Å². The van der Waals surface area contributed by atoms with Crippen LogP contribution < -0.4 is 5.32 Å². The monoisotopic (exact) mass is 288 g/mol. The quantitative estimate of drug-likeness (QED) is 0.603. The first-order chi connectivity index (χ1) is 9.60. The van der Waals surface area contributed by atoms with Crippen LogP contribution in [0, 0.1) is 11.8 Å². The zero-order chi connectivity index (χ0) is 15.8. The van der Waals surface area contributed by atoms with Crippen LogP contribution in [0.25, 0.3) is 0 Å². The van der Waals surface area contributed by atoms with Crippen molar-refractivity contribution in [1.29, 1.82) is 0 Å². The van der Waals surface area contributed by atoms with E-state index in [1.54, 1.807) is 7.11 Å². The molecule has 0 unspecified atom stereocenters. The number of amides is 1. The third kappa shape index (κ3) is 15.4. The molecule has 4 nitrogen and oxygen atoms in total. The van der Waals surface area contributed by atoms with E-state index in [2.05, 4.69) is 31.0 Å². The molecule has 0 bridgehead atoms. The Labute approximate surface area is 126 Å². The number of carbonyl (C=O) groups excluding carboxylic acids is 1. The molecule has 1 N–H and O–H groups in total. The molecule has 1 amide bonds. The van der Waals surface area contributed by atoms with Gasteiger partial charge in [-0.25, -0.2) is 0 Å². The van der Waals surface area contributed by atoms with Crippen LogP contribution in [0.3, 0.4) is 0 Å². The highest BCUT2D eigenvalue weighted by molar-refractivity contribution is 5.45. The molecule has 1 heterocycles. The molecule has 122 valence electrons. The maximum Gasteiger partial charge on any atom is 0.207 e. The Morgan fingerprint density at radius 1 is 1.25 bits per heavy atom. The number of likely N-dealkylation sites (tertiary alicyclic amines) is 1. The van der Waals surface area contributed by atoms with Gasteiger partial charge in [-0.3, -0.25) is 4.79 Å². The Morgan fingerprint density at radius 2 is 1.75 bits per heavy atom. The molecule has 0 aliphatic carbocycles. The number of piperidine rings is 1. The highest BCUT2D eigenvalue weighted by atomic mass is 16.5. The fourth-order valence-corrected chi connectivity index (χ4v) is 1.89. The molecule has 0 spiro atoms. The predicted molar refractivity (Wildman–Crippen MR) is 87.0 cm³/mol. The lowest BCUT2D eigenvalue weighted by atomic mass is 9.98. The average molecular weight is 288 g/mol. The van der Waals surface area contributed by atoms with E-state index in [4.69, 9.17) is 4.74 Å². The molecule has 1 aliphatic rings. The molecule has 0 aromatic rings. The minimum atomic E-state index is 0.732. The molecule has 0 aromatic heterocycles. The molecule has 1 rings (SSSR count). The zero-order valence-electron chi connectivity index (χ0n) is 14.4. The van der Waals surface area contributed by atoms with Crippen LogP contribution in [0.5, 0.6) is 0 Å². The minimum absolute atomic E-state index is 0.732. The van der Waals surface area contributed by atoms with E-state index < -0.39 is 0 Å². The Bertz CT molecular complexity index is 188. The van der Waals surface area contributed by atoms with Crippen LogP contribution in [0.2, 0.25) is 0 Å². The molecule has 1 fully saturated rings. The summed E-state index contributed by atoms with van der Waals surface area (Å²) in [5, 5.41) is 2.69. The summed E-state index contributed by atoms with van der Waals surface area (Å²) in [6.07, 6.45) is 3.20. The maximum atomic E-state index is 10.0. The van der Waals surface area contributed by atoms with E-state index in [1.165, 1.54) is 12.8 Å². The van der Waals surface area contributed by atoms with Crippen LogP contribution >= 0.6 is 0 Å². The van der Waals surface area contributed by atoms with Gasteiger partial charge in [-0.05, 0) is 37.8 Å². The molecule has 0 radical (unpaired) electrons. The highest BCUT2D eigenvalue weighted by Crippen LogP contribution is 2.16. The summed E-state index contributed by atoms with van der Waals surface area (Å²) in [7, 11) is 1.76. The number of methoxy groups -OCH3 is 1. The van der Waals surface area contributed by atoms with E-state index in [0.29, 0.717) is 0 Å². The second-order valence-corrected chi connectivity index (χ2v) is 5.54. The molecule has 1 saturated heterocycles. The van der Waals surface area contributed by atoms with Gasteiger partial charge in [-0.2, -0.15) is 0 Å². The van der Waals surface area contributed by atoms with Gasteiger partial charge in [0.15, 0.2) is 0 Å². The Hall–Kier alpha value is -0.610. The molecule has 0 saturated carbocycles. The zero-order valence-corrected chi connectivity index (χ0v) is 14.4. The van der Waals surface area contributed by atoms with Crippen molar-refractivity contribution in [3.05, 3.63) is 0 Å². The van der Waals surface area contributed by atoms with E-state index >= 15 is 0 Å². The largest absolute Gasteiger partial charge is 0.384 e. The molecular formula is C16H36N2O2. The first kappa shape index (κ1) is 21.7. The summed E-state index contributed by atoms with van der Waals surface area (Å²) in [6, 6.07) is 0. The SMILES string of the molecule is CC.CC(C)C.COCC1CCN(CCNC=O)CC1. The van der Waals surface area contributed by atoms with E-state index in [0.717, 1.165) is 51.0 Å². The number of rotatable bonds is 6. The van der Waals surface area contributed by atoms with Crippen molar-refractivity contribution in [2.75, 3.05) is 39.9 Å². The van der Waals surface area contributed by atoms with Gasteiger partial charge in [0.1, 0.15) is 0 Å². The van der Waals surface area contributed by atoms with E-state index in [1.807, 2.05) is 13.8 Å². The van der Waals surface area contributed by atoms with E-state index in [9.17, 15) is 4.79 Å². The van der Waals surface area contributed by atoms with Gasteiger partial charge in [0.25, 0.3) is 0 Å². The number of nitrogens with zero attached hydrogens (tertiary/aromatic N) is 1. The number of ether oxygens (including phenoxy) is 1. The number of hydrogen-bond acceptors (Lipinski definition) is 3. The molecule has 0 atom stereocenters. The van der Waals surface area contributed by atoms with Gasteiger partial charge < -0.3 is 15.0 Å². The van der Waals surface area contributed by atoms with E-state index in [-0.39, 0.29) is 0 Å². The van der Waals surface area contributed by atoms with Crippen molar-refractivity contribution in [3.63, 3.8) is 0 Å². The van der Waals surface area contributed by atoms with Crippen LogP contribution in [-0.2, 0) is 9.53 Å². The smallest absolute Gasteiger partial charge is 0.207 e. The van der Waals surface area contributed by atoms with Crippen LogP contribution in [-0.4, -0.2) is 51.2 Å². The first-order valence-electron chi connectivity index (χ1n) is 7.98. The second-order valence-electron chi connectivity index (χ2n) is 5.54. The van der Waals surface area contributed by atoms with Crippen LogP contribution in [0.1, 0.15) is 47.5 Å². The van der Waals surface area contributed by atoms with Crippen molar-refractivity contribution < 1.29 is 9.53 Å². The molecule has 1 aliphatic heterocycles. The molecule has 20 heavy (non-hydrogen) atoms. The van der Waals surface area contributed by atoms with Crippen molar-refractivity contribution >= 4 is 6.41 Å². The lowest BCUT2D eigenvalue weighted by Crippen LogP contribution is -2.38. The van der Waals surface area contributed by atoms with Gasteiger partial charge in [0, 0.05) is 26.8 Å². The lowest BCUT2D eigenvalue weighted by Gasteiger charge is -2.31. The fourth-order valence-electron chi connectivity index (χ4n) is 1.89. The number of nitrogens with one attached hydrogen (secondary N) is 1. The summed E-state index contributed by atoms with van der Waals surface area (Å²) < 4.78 is 5.14. The predicted octanol–water partition coefficient (Wildman–Crippen LogP) is 2.78. The summed E-state index contributed by atoms with van der Waals surface area (Å²) in [5.41, 5.74) is 0. The fraction of sp³-hybridized carbons (Fsp3) is 0.938. The van der Waals surface area contributed by atoms with Gasteiger partial charge in [0.05, 0.1) is 0 Å². The van der Waals surface area contributed by atoms with Crippen LogP contribution in [0.4, 0.5) is 0 Å². The Kier molecular flexibility index (Phi) is 17.8. The number of carbonyl (C=O) groups is 1. The third-order valence-electron chi connectivity index (χ3n) is 2.77. The second kappa shape index (κ2) is 16.4.